The maximum absolute atomic E-state index is 11.3. The molecule has 2 amide bonds. The minimum atomic E-state index is -0.932. The monoisotopic (exact) mass is 386 g/mol. The van der Waals surface area contributed by atoms with E-state index in [9.17, 15) is 19.2 Å². The molecule has 0 aromatic carbocycles. The maximum atomic E-state index is 11.3. The molecule has 1 rings (SSSR count). The average Bonchev–Trinajstić information content (AvgIpc) is 2.56. The van der Waals surface area contributed by atoms with Gasteiger partial charge in [-0.25, -0.2) is 0 Å². The molecule has 0 saturated carbocycles. The Labute approximate surface area is 158 Å². The smallest absolute Gasteiger partial charge is 0.317 e. The Kier molecular flexibility index (Phi) is 10.5. The van der Waals surface area contributed by atoms with Crippen LogP contribution in [0.25, 0.3) is 0 Å². The van der Waals surface area contributed by atoms with Gasteiger partial charge in [0.1, 0.15) is 6.29 Å². The van der Waals surface area contributed by atoms with Crippen molar-refractivity contribution in [2.24, 2.45) is 11.5 Å². The Balaban J connectivity index is 2.86. The number of amides is 2. The lowest BCUT2D eigenvalue weighted by atomic mass is 10.3. The van der Waals surface area contributed by atoms with Crippen molar-refractivity contribution in [3.63, 3.8) is 0 Å². The molecule has 11 nitrogen and oxygen atoms in total. The number of carbonyl (C=O) groups excluding carboxylic acids is 3. The summed E-state index contributed by atoms with van der Waals surface area (Å²) in [5.74, 6) is -1.85. The van der Waals surface area contributed by atoms with Crippen LogP contribution in [0.4, 0.5) is 0 Å². The first-order valence-corrected chi connectivity index (χ1v) is 8.91. The van der Waals surface area contributed by atoms with E-state index in [1.54, 1.807) is 4.90 Å². The molecule has 1 saturated heterocycles. The van der Waals surface area contributed by atoms with Crippen LogP contribution in [-0.4, -0.2) is 127 Å². The van der Waals surface area contributed by atoms with E-state index in [0.29, 0.717) is 52.4 Å². The summed E-state index contributed by atoms with van der Waals surface area (Å²) in [7, 11) is 0. The minimum Gasteiger partial charge on any atom is -0.480 e. The third-order valence-electron chi connectivity index (χ3n) is 4.38. The summed E-state index contributed by atoms with van der Waals surface area (Å²) in [6, 6.07) is 0. The van der Waals surface area contributed by atoms with Gasteiger partial charge in [-0.2, -0.15) is 0 Å². The molecule has 154 valence electrons. The largest absolute Gasteiger partial charge is 0.480 e. The van der Waals surface area contributed by atoms with Crippen molar-refractivity contribution in [2.45, 2.75) is 0 Å². The fourth-order valence-electron chi connectivity index (χ4n) is 2.97. The highest BCUT2D eigenvalue weighted by Gasteiger charge is 2.19. The summed E-state index contributed by atoms with van der Waals surface area (Å²) in [6.45, 7) is 4.24. The molecule has 5 N–H and O–H groups in total. The average molecular weight is 386 g/mol. The van der Waals surface area contributed by atoms with Gasteiger partial charge in [0, 0.05) is 52.4 Å². The summed E-state index contributed by atoms with van der Waals surface area (Å²) in [6.07, 6.45) is 0.806. The van der Waals surface area contributed by atoms with E-state index in [1.165, 1.54) is 0 Å². The molecule has 0 spiro atoms. The third kappa shape index (κ3) is 10.6. The number of carboxylic acid groups (broad SMARTS) is 1. The SMILES string of the molecule is NC(=O)CN1CCN(CC=O)CCN(CC(=O)O)CCN(CC(N)=O)CC1. The fourth-order valence-corrected chi connectivity index (χ4v) is 2.97. The van der Waals surface area contributed by atoms with Crippen LogP contribution < -0.4 is 11.5 Å². The molecule has 11 heteroatoms. The Morgan fingerprint density at radius 3 is 1.33 bits per heavy atom. The van der Waals surface area contributed by atoms with Gasteiger partial charge in [0.2, 0.25) is 11.8 Å². The van der Waals surface area contributed by atoms with Gasteiger partial charge in [0.15, 0.2) is 0 Å². The number of nitrogens with zero attached hydrogens (tertiary/aromatic N) is 4. The summed E-state index contributed by atoms with van der Waals surface area (Å²) in [5.41, 5.74) is 10.6. The zero-order valence-electron chi connectivity index (χ0n) is 15.6. The highest BCUT2D eigenvalue weighted by atomic mass is 16.4. The number of nitrogens with two attached hydrogens (primary N) is 2. The lowest BCUT2D eigenvalue weighted by molar-refractivity contribution is -0.138. The number of hydrogen-bond acceptors (Lipinski definition) is 8. The number of aliphatic carboxylic acids is 1. The second kappa shape index (κ2) is 12.3. The quantitative estimate of drug-likeness (QED) is 0.360. The zero-order valence-corrected chi connectivity index (χ0v) is 15.6. The number of rotatable bonds is 8. The fraction of sp³-hybridized carbons (Fsp3) is 0.750. The molecule has 0 unspecified atom stereocenters. The second-order valence-corrected chi connectivity index (χ2v) is 6.62. The van der Waals surface area contributed by atoms with Crippen molar-refractivity contribution in [1.82, 2.24) is 19.6 Å². The molecule has 1 aliphatic heterocycles. The van der Waals surface area contributed by atoms with Crippen LogP contribution in [0.1, 0.15) is 0 Å². The van der Waals surface area contributed by atoms with Crippen molar-refractivity contribution in [2.75, 3.05) is 78.5 Å². The van der Waals surface area contributed by atoms with E-state index in [2.05, 4.69) is 0 Å². The summed E-state index contributed by atoms with van der Waals surface area (Å²) >= 11 is 0. The first-order valence-electron chi connectivity index (χ1n) is 8.91. The lowest BCUT2D eigenvalue weighted by Gasteiger charge is -2.32. The minimum absolute atomic E-state index is 0.0581. The Morgan fingerprint density at radius 2 is 1.04 bits per heavy atom. The van der Waals surface area contributed by atoms with Crippen LogP contribution in [-0.2, 0) is 19.2 Å². The van der Waals surface area contributed by atoms with Crippen molar-refractivity contribution < 1.29 is 24.3 Å². The molecule has 1 heterocycles. The van der Waals surface area contributed by atoms with Gasteiger partial charge in [-0.1, -0.05) is 0 Å². The van der Waals surface area contributed by atoms with E-state index in [0.717, 1.165) is 6.29 Å². The Bertz CT molecular complexity index is 486. The highest BCUT2D eigenvalue weighted by molar-refractivity contribution is 5.76. The molecular weight excluding hydrogens is 356 g/mol. The molecular formula is C16H30N6O5. The molecule has 0 aromatic heterocycles. The van der Waals surface area contributed by atoms with Gasteiger partial charge in [-0.15, -0.1) is 0 Å². The number of carboxylic acids is 1. The van der Waals surface area contributed by atoms with Gasteiger partial charge in [0.05, 0.1) is 26.2 Å². The first kappa shape index (κ1) is 23.0. The van der Waals surface area contributed by atoms with Crippen molar-refractivity contribution >= 4 is 24.1 Å². The lowest BCUT2D eigenvalue weighted by Crippen LogP contribution is -2.49. The molecule has 1 fully saturated rings. The van der Waals surface area contributed by atoms with Crippen LogP contribution >= 0.6 is 0 Å². The van der Waals surface area contributed by atoms with Crippen LogP contribution in [0.5, 0.6) is 0 Å². The van der Waals surface area contributed by atoms with Gasteiger partial charge in [0.25, 0.3) is 0 Å². The summed E-state index contributed by atoms with van der Waals surface area (Å²) < 4.78 is 0. The predicted octanol–water partition coefficient (Wildman–Crippen LogP) is -3.54. The number of hydrogen-bond donors (Lipinski definition) is 3. The van der Waals surface area contributed by atoms with Gasteiger partial charge in [-0.05, 0) is 0 Å². The van der Waals surface area contributed by atoms with Crippen LogP contribution in [0.2, 0.25) is 0 Å². The topological polar surface area (TPSA) is 154 Å². The molecule has 0 aromatic rings. The van der Waals surface area contributed by atoms with E-state index in [1.807, 2.05) is 14.7 Å². The molecule has 0 atom stereocenters. The summed E-state index contributed by atoms with van der Waals surface area (Å²) in [5, 5.41) is 9.10. The molecule has 1 aliphatic rings. The normalized spacial score (nSPS) is 19.7. The van der Waals surface area contributed by atoms with Crippen LogP contribution in [0.15, 0.2) is 0 Å². The van der Waals surface area contributed by atoms with E-state index in [-0.39, 0.29) is 26.2 Å². The van der Waals surface area contributed by atoms with Gasteiger partial charge in [-0.3, -0.25) is 34.0 Å². The number of aldehydes is 1. The number of primary amides is 2. The van der Waals surface area contributed by atoms with Crippen LogP contribution in [0, 0.1) is 0 Å². The third-order valence-corrected chi connectivity index (χ3v) is 4.38. The number of carbonyl (C=O) groups is 4. The second-order valence-electron chi connectivity index (χ2n) is 6.62. The highest BCUT2D eigenvalue weighted by Crippen LogP contribution is 2.00. The zero-order chi connectivity index (χ0) is 20.2. The first-order chi connectivity index (χ1) is 12.8. The standard InChI is InChI=1S/C16H30N6O5/c17-14(24)11-20-3-1-19(9-10-23)2-4-22(13-16(26)27)8-7-21(6-5-20)12-15(18)25/h10H,1-9,11-13H2,(H2,17,24)(H2,18,25)(H,26,27). The maximum Gasteiger partial charge on any atom is 0.317 e. The molecule has 27 heavy (non-hydrogen) atoms. The van der Waals surface area contributed by atoms with Crippen LogP contribution in [0.3, 0.4) is 0 Å². The van der Waals surface area contributed by atoms with E-state index in [4.69, 9.17) is 16.6 Å². The van der Waals surface area contributed by atoms with Crippen molar-refractivity contribution in [1.29, 1.82) is 0 Å². The predicted molar refractivity (Wildman–Crippen MR) is 97.8 cm³/mol. The van der Waals surface area contributed by atoms with Crippen molar-refractivity contribution in [3.8, 4) is 0 Å². The van der Waals surface area contributed by atoms with E-state index >= 15 is 0 Å². The van der Waals surface area contributed by atoms with Gasteiger partial charge >= 0.3 is 5.97 Å². The summed E-state index contributed by atoms with van der Waals surface area (Å²) in [4.78, 5) is 52.1. The van der Waals surface area contributed by atoms with E-state index < -0.39 is 17.8 Å². The molecule has 0 aliphatic carbocycles. The molecule has 0 radical (unpaired) electrons. The molecule has 0 bridgehead atoms. The Hall–Kier alpha value is -2.08. The van der Waals surface area contributed by atoms with Gasteiger partial charge < -0.3 is 21.4 Å². The Morgan fingerprint density at radius 1 is 0.704 bits per heavy atom. The van der Waals surface area contributed by atoms with Crippen molar-refractivity contribution in [3.05, 3.63) is 0 Å².